The summed E-state index contributed by atoms with van der Waals surface area (Å²) in [5.74, 6) is -1.83. The Labute approximate surface area is 94.9 Å². The van der Waals surface area contributed by atoms with Gasteiger partial charge < -0.3 is 10.5 Å². The summed E-state index contributed by atoms with van der Waals surface area (Å²) in [7, 11) is -2.38. The third-order valence-corrected chi connectivity index (χ3v) is 3.70. The van der Waals surface area contributed by atoms with Gasteiger partial charge in [-0.1, -0.05) is 18.2 Å². The van der Waals surface area contributed by atoms with Crippen molar-refractivity contribution in [2.75, 3.05) is 12.8 Å². The number of rotatable bonds is 5. The summed E-state index contributed by atoms with van der Waals surface area (Å²) in [6.45, 7) is 4.93. The summed E-state index contributed by atoms with van der Waals surface area (Å²) in [6.07, 6.45) is 1.41. The van der Waals surface area contributed by atoms with E-state index in [1.165, 1.54) is 13.1 Å². The molecule has 0 bridgehead atoms. The first kappa shape index (κ1) is 14.6. The van der Waals surface area contributed by atoms with Crippen molar-refractivity contribution in [3.63, 3.8) is 0 Å². The molecule has 1 unspecified atom stereocenters. The number of sulfone groups is 1. The first-order valence-corrected chi connectivity index (χ1v) is 6.37. The average Bonchev–Trinajstić information content (AvgIpc) is 2.24. The van der Waals surface area contributed by atoms with Crippen LogP contribution < -0.4 is 5.32 Å². The fourth-order valence-electron chi connectivity index (χ4n) is 1.24. The molecule has 0 radical (unpaired) electrons. The lowest BCUT2D eigenvalue weighted by Crippen LogP contribution is -2.37. The third-order valence-electron chi connectivity index (χ3n) is 2.02. The standard InChI is InChI=1S/C9H16N2O4S/c1-4-6-16(14,15)9(11-13)7(5-2)8(12)10-3/h4,7,13H,1,5-6H2,2-3H3,(H,10,12)/b11-9-. The summed E-state index contributed by atoms with van der Waals surface area (Å²) in [5, 5.41) is 13.3. The van der Waals surface area contributed by atoms with Crippen molar-refractivity contribution < 1.29 is 18.4 Å². The molecule has 0 aromatic rings. The minimum absolute atomic E-state index is 0.232. The number of oxime groups is 1. The van der Waals surface area contributed by atoms with Crippen molar-refractivity contribution in [2.24, 2.45) is 11.1 Å². The maximum Gasteiger partial charge on any atom is 0.229 e. The van der Waals surface area contributed by atoms with Crippen molar-refractivity contribution in [2.45, 2.75) is 13.3 Å². The van der Waals surface area contributed by atoms with Crippen LogP contribution in [0.25, 0.3) is 0 Å². The molecule has 16 heavy (non-hydrogen) atoms. The SMILES string of the molecule is C=CCS(=O)(=O)/C(=N\O)C(CC)C(=O)NC. The van der Waals surface area contributed by atoms with E-state index in [1.54, 1.807) is 6.92 Å². The lowest BCUT2D eigenvalue weighted by molar-refractivity contribution is -0.122. The number of hydrogen-bond donors (Lipinski definition) is 2. The number of carbonyl (C=O) groups excluding carboxylic acids is 1. The van der Waals surface area contributed by atoms with Gasteiger partial charge in [0.2, 0.25) is 5.91 Å². The Morgan fingerprint density at radius 1 is 1.62 bits per heavy atom. The minimum Gasteiger partial charge on any atom is -0.410 e. The largest absolute Gasteiger partial charge is 0.410 e. The van der Waals surface area contributed by atoms with Gasteiger partial charge in [-0.2, -0.15) is 0 Å². The van der Waals surface area contributed by atoms with E-state index < -0.39 is 26.7 Å². The molecule has 0 aliphatic heterocycles. The van der Waals surface area contributed by atoms with E-state index >= 15 is 0 Å². The Morgan fingerprint density at radius 2 is 2.19 bits per heavy atom. The maximum atomic E-state index is 11.6. The first-order valence-electron chi connectivity index (χ1n) is 4.71. The van der Waals surface area contributed by atoms with Crippen LogP contribution in [0, 0.1) is 5.92 Å². The zero-order chi connectivity index (χ0) is 12.8. The first-order chi connectivity index (χ1) is 7.44. The van der Waals surface area contributed by atoms with Crippen LogP contribution in [0.4, 0.5) is 0 Å². The zero-order valence-electron chi connectivity index (χ0n) is 9.30. The lowest BCUT2D eigenvalue weighted by Gasteiger charge is -2.14. The molecule has 6 nitrogen and oxygen atoms in total. The summed E-state index contributed by atoms with van der Waals surface area (Å²) in [4.78, 5) is 11.4. The Bertz CT molecular complexity index is 386. The van der Waals surface area contributed by atoms with Crippen molar-refractivity contribution >= 4 is 20.8 Å². The molecule has 0 spiro atoms. The molecule has 7 heteroatoms. The van der Waals surface area contributed by atoms with Crippen molar-refractivity contribution in [3.8, 4) is 0 Å². The van der Waals surface area contributed by atoms with Gasteiger partial charge in [-0.15, -0.1) is 6.58 Å². The minimum atomic E-state index is -3.77. The third kappa shape index (κ3) is 3.34. The van der Waals surface area contributed by atoms with Crippen molar-refractivity contribution in [1.82, 2.24) is 5.32 Å². The Balaban J connectivity index is 5.28. The molecule has 0 rings (SSSR count). The van der Waals surface area contributed by atoms with Gasteiger partial charge in [0, 0.05) is 7.05 Å². The van der Waals surface area contributed by atoms with Crippen LogP contribution in [0.15, 0.2) is 17.8 Å². The molecular formula is C9H16N2O4S. The molecule has 0 heterocycles. The molecule has 1 amide bonds. The van der Waals surface area contributed by atoms with Crippen LogP contribution in [0.3, 0.4) is 0 Å². The number of carbonyl (C=O) groups is 1. The molecular weight excluding hydrogens is 232 g/mol. The quantitative estimate of drug-likeness (QED) is 0.238. The molecule has 1 atom stereocenters. The molecule has 92 valence electrons. The van der Waals surface area contributed by atoms with E-state index in [-0.39, 0.29) is 12.2 Å². The Kier molecular flexibility index (Phi) is 5.73. The predicted molar refractivity (Wildman–Crippen MR) is 61.1 cm³/mol. The lowest BCUT2D eigenvalue weighted by atomic mass is 10.1. The van der Waals surface area contributed by atoms with E-state index in [2.05, 4.69) is 17.1 Å². The van der Waals surface area contributed by atoms with E-state index in [4.69, 9.17) is 5.21 Å². The van der Waals surface area contributed by atoms with Crippen LogP contribution >= 0.6 is 0 Å². The van der Waals surface area contributed by atoms with Crippen LogP contribution in [0.2, 0.25) is 0 Å². The highest BCUT2D eigenvalue weighted by Gasteiger charge is 2.31. The van der Waals surface area contributed by atoms with Crippen molar-refractivity contribution in [1.29, 1.82) is 0 Å². The van der Waals surface area contributed by atoms with Gasteiger partial charge in [0.15, 0.2) is 14.9 Å². The van der Waals surface area contributed by atoms with Gasteiger partial charge in [0.25, 0.3) is 0 Å². The second kappa shape index (κ2) is 6.26. The van der Waals surface area contributed by atoms with Gasteiger partial charge in [0.1, 0.15) is 0 Å². The molecule has 0 aromatic heterocycles. The Morgan fingerprint density at radius 3 is 2.50 bits per heavy atom. The summed E-state index contributed by atoms with van der Waals surface area (Å²) in [5.41, 5.74) is 0. The summed E-state index contributed by atoms with van der Waals surface area (Å²) < 4.78 is 23.3. The number of nitrogens with one attached hydrogen (secondary N) is 1. The maximum absolute atomic E-state index is 11.6. The van der Waals surface area contributed by atoms with Crippen LogP contribution in [0.5, 0.6) is 0 Å². The number of hydrogen-bond acceptors (Lipinski definition) is 5. The highest BCUT2D eigenvalue weighted by Crippen LogP contribution is 2.12. The van der Waals surface area contributed by atoms with Crippen LogP contribution in [0.1, 0.15) is 13.3 Å². The second-order valence-corrected chi connectivity index (χ2v) is 5.06. The predicted octanol–water partition coefficient (Wildman–Crippen LogP) is 0.147. The van der Waals surface area contributed by atoms with E-state index in [9.17, 15) is 13.2 Å². The fraction of sp³-hybridized carbons (Fsp3) is 0.556. The Hall–Kier alpha value is -1.37. The molecule has 0 fully saturated rings. The highest BCUT2D eigenvalue weighted by molar-refractivity contribution is 8.06. The average molecular weight is 248 g/mol. The molecule has 0 saturated carbocycles. The molecule has 0 aliphatic carbocycles. The number of nitrogens with zero attached hydrogens (tertiary/aromatic N) is 1. The van der Waals surface area contributed by atoms with E-state index in [0.717, 1.165) is 0 Å². The topological polar surface area (TPSA) is 95.8 Å². The number of amides is 1. The molecule has 0 aromatic carbocycles. The second-order valence-electron chi connectivity index (χ2n) is 3.08. The van der Waals surface area contributed by atoms with Gasteiger partial charge in [0.05, 0.1) is 11.7 Å². The van der Waals surface area contributed by atoms with Gasteiger partial charge in [-0.3, -0.25) is 4.79 Å². The van der Waals surface area contributed by atoms with Gasteiger partial charge >= 0.3 is 0 Å². The molecule has 2 N–H and O–H groups in total. The fourth-order valence-corrected chi connectivity index (χ4v) is 2.55. The van der Waals surface area contributed by atoms with Gasteiger partial charge in [-0.25, -0.2) is 8.42 Å². The van der Waals surface area contributed by atoms with E-state index in [1.807, 2.05) is 0 Å². The van der Waals surface area contributed by atoms with Crippen molar-refractivity contribution in [3.05, 3.63) is 12.7 Å². The molecule has 0 aliphatic rings. The summed E-state index contributed by atoms with van der Waals surface area (Å²) >= 11 is 0. The monoisotopic (exact) mass is 248 g/mol. The highest BCUT2D eigenvalue weighted by atomic mass is 32.2. The van der Waals surface area contributed by atoms with Gasteiger partial charge in [-0.05, 0) is 6.42 Å². The van der Waals surface area contributed by atoms with E-state index in [0.29, 0.717) is 0 Å². The van der Waals surface area contributed by atoms with Crippen LogP contribution in [-0.4, -0.2) is 37.4 Å². The zero-order valence-corrected chi connectivity index (χ0v) is 10.1. The normalized spacial score (nSPS) is 14.2. The molecule has 0 saturated heterocycles. The summed E-state index contributed by atoms with van der Waals surface area (Å²) in [6, 6.07) is 0. The smallest absolute Gasteiger partial charge is 0.229 e. The van der Waals surface area contributed by atoms with Crippen LogP contribution in [-0.2, 0) is 14.6 Å².